The molecule has 0 saturated heterocycles. The Morgan fingerprint density at radius 3 is 2.48 bits per heavy atom. The predicted molar refractivity (Wildman–Crippen MR) is 91.1 cm³/mol. The summed E-state index contributed by atoms with van der Waals surface area (Å²) in [6, 6.07) is 2.61. The highest BCUT2D eigenvalue weighted by molar-refractivity contribution is 6.53. The van der Waals surface area contributed by atoms with Crippen molar-refractivity contribution in [3.63, 3.8) is 0 Å². The number of nitrogens with one attached hydrogen (secondary N) is 1. The molecule has 0 radical (unpaired) electrons. The van der Waals surface area contributed by atoms with Crippen LogP contribution in [-0.2, 0) is 14.3 Å². The lowest BCUT2D eigenvalue weighted by atomic mass is 10.1. The molecule has 1 N–H and O–H groups in total. The molecule has 1 aliphatic rings. The van der Waals surface area contributed by atoms with E-state index in [0.717, 1.165) is 0 Å². The fraction of sp³-hybridized carbons (Fsp3) is 0.467. The zero-order valence-electron chi connectivity index (χ0n) is 13.7. The van der Waals surface area contributed by atoms with Crippen LogP contribution in [0.4, 0.5) is 11.4 Å². The molecule has 10 heteroatoms. The number of hydrogen-bond acceptors (Lipinski definition) is 6. The van der Waals surface area contributed by atoms with Crippen molar-refractivity contribution in [3.8, 4) is 5.75 Å². The third-order valence-corrected chi connectivity index (χ3v) is 5.14. The molecule has 1 aliphatic carbocycles. The van der Waals surface area contributed by atoms with E-state index >= 15 is 0 Å². The zero-order valence-corrected chi connectivity index (χ0v) is 15.2. The number of nitro benzene ring substituents is 1. The summed E-state index contributed by atoms with van der Waals surface area (Å²) in [6.07, 6.45) is 0.252. The van der Waals surface area contributed by atoms with Gasteiger partial charge in [0.15, 0.2) is 12.4 Å². The highest BCUT2D eigenvalue weighted by Gasteiger charge is 2.69. The maximum absolute atomic E-state index is 12.0. The van der Waals surface area contributed by atoms with Gasteiger partial charge >= 0.3 is 11.7 Å². The maximum Gasteiger partial charge on any atom is 0.315 e. The van der Waals surface area contributed by atoms with Gasteiger partial charge in [-0.2, -0.15) is 0 Å². The Morgan fingerprint density at radius 1 is 1.40 bits per heavy atom. The Balaban J connectivity index is 2.01. The van der Waals surface area contributed by atoms with Gasteiger partial charge < -0.3 is 14.8 Å². The van der Waals surface area contributed by atoms with Gasteiger partial charge in [0.25, 0.3) is 5.91 Å². The van der Waals surface area contributed by atoms with E-state index in [2.05, 4.69) is 5.32 Å². The van der Waals surface area contributed by atoms with Crippen LogP contribution in [0.5, 0.6) is 5.75 Å². The van der Waals surface area contributed by atoms with Gasteiger partial charge in [-0.3, -0.25) is 19.7 Å². The van der Waals surface area contributed by atoms with E-state index in [1.165, 1.54) is 19.2 Å². The first-order chi connectivity index (χ1) is 11.5. The number of methoxy groups -OCH3 is 1. The number of alkyl halides is 2. The predicted octanol–water partition coefficient (Wildman–Crippen LogP) is 2.98. The third-order valence-electron chi connectivity index (χ3n) is 4.04. The average Bonchev–Trinajstić information content (AvgIpc) is 3.05. The number of nitro groups is 1. The SMILES string of the molecule is COc1cc(NC(=O)COC(=O)[C@]2(C)CC2(Cl)Cl)c(C)cc1[N+](=O)[O-]. The Bertz CT molecular complexity index is 752. The molecule has 2 rings (SSSR count). The summed E-state index contributed by atoms with van der Waals surface area (Å²) in [5.41, 5.74) is -0.471. The fourth-order valence-corrected chi connectivity index (χ4v) is 2.90. The van der Waals surface area contributed by atoms with Crippen molar-refractivity contribution in [3.05, 3.63) is 27.8 Å². The Labute approximate surface area is 153 Å². The van der Waals surface area contributed by atoms with Crippen molar-refractivity contribution in [2.75, 3.05) is 19.0 Å². The smallest absolute Gasteiger partial charge is 0.315 e. The summed E-state index contributed by atoms with van der Waals surface area (Å²) >= 11 is 11.8. The highest BCUT2D eigenvalue weighted by atomic mass is 35.5. The van der Waals surface area contributed by atoms with Crippen LogP contribution >= 0.6 is 23.2 Å². The zero-order chi connectivity index (χ0) is 19.0. The number of carbonyl (C=O) groups is 2. The number of amides is 1. The van der Waals surface area contributed by atoms with E-state index in [1.54, 1.807) is 13.8 Å². The Morgan fingerprint density at radius 2 is 2.00 bits per heavy atom. The van der Waals surface area contributed by atoms with Crippen LogP contribution in [0, 0.1) is 22.5 Å². The van der Waals surface area contributed by atoms with E-state index in [-0.39, 0.29) is 17.9 Å². The van der Waals surface area contributed by atoms with Gasteiger partial charge in [-0.15, -0.1) is 23.2 Å². The number of aryl methyl sites for hydroxylation is 1. The minimum absolute atomic E-state index is 0.00227. The van der Waals surface area contributed by atoms with E-state index in [1.807, 2.05) is 0 Å². The lowest BCUT2D eigenvalue weighted by Gasteiger charge is -2.13. The monoisotopic (exact) mass is 390 g/mol. The summed E-state index contributed by atoms with van der Waals surface area (Å²) in [5, 5.41) is 13.5. The first kappa shape index (κ1) is 19.3. The third kappa shape index (κ3) is 3.80. The lowest BCUT2D eigenvalue weighted by Crippen LogP contribution is -2.27. The lowest BCUT2D eigenvalue weighted by molar-refractivity contribution is -0.385. The number of esters is 1. The van der Waals surface area contributed by atoms with E-state index in [4.69, 9.17) is 32.7 Å². The largest absolute Gasteiger partial charge is 0.490 e. The van der Waals surface area contributed by atoms with Gasteiger partial charge in [0.1, 0.15) is 9.75 Å². The molecule has 0 aromatic heterocycles. The summed E-state index contributed by atoms with van der Waals surface area (Å²) in [6.45, 7) is 2.62. The van der Waals surface area contributed by atoms with Gasteiger partial charge in [0.05, 0.1) is 12.0 Å². The number of nitrogens with zero attached hydrogens (tertiary/aromatic N) is 1. The van der Waals surface area contributed by atoms with Crippen LogP contribution in [-0.4, -0.2) is 34.8 Å². The van der Waals surface area contributed by atoms with Crippen LogP contribution in [0.2, 0.25) is 0 Å². The second kappa shape index (κ2) is 6.68. The van der Waals surface area contributed by atoms with E-state index < -0.39 is 33.2 Å². The minimum Gasteiger partial charge on any atom is -0.490 e. The Kier molecular flexibility index (Phi) is 5.15. The van der Waals surface area contributed by atoms with Crippen LogP contribution < -0.4 is 10.1 Å². The van der Waals surface area contributed by atoms with Gasteiger partial charge in [-0.1, -0.05) is 0 Å². The standard InChI is InChI=1S/C15H16Cl2N2O6/c1-8-4-10(19(22)23)11(24-3)5-9(8)18-12(20)6-25-13(21)14(2)7-15(14,16)17/h4-5H,6-7H2,1-3H3,(H,18,20)/t14-/m0/s1. The molecule has 0 unspecified atom stereocenters. The number of halogens is 2. The molecule has 1 aromatic rings. The Hall–Kier alpha value is -2.06. The van der Waals surface area contributed by atoms with Gasteiger partial charge in [-0.05, 0) is 19.4 Å². The van der Waals surface area contributed by atoms with Gasteiger partial charge in [0.2, 0.25) is 0 Å². The van der Waals surface area contributed by atoms with E-state index in [0.29, 0.717) is 11.3 Å². The molecule has 1 aromatic carbocycles. The van der Waals surface area contributed by atoms with Crippen molar-refractivity contribution in [1.82, 2.24) is 0 Å². The number of hydrogen-bond donors (Lipinski definition) is 1. The van der Waals surface area contributed by atoms with E-state index in [9.17, 15) is 19.7 Å². The molecular weight excluding hydrogens is 375 g/mol. The normalized spacial score (nSPS) is 20.5. The van der Waals surface area contributed by atoms with Gasteiger partial charge in [-0.25, -0.2) is 0 Å². The molecule has 1 saturated carbocycles. The topological polar surface area (TPSA) is 108 Å². The van der Waals surface area contributed by atoms with Crippen LogP contribution in [0.15, 0.2) is 12.1 Å². The maximum atomic E-state index is 12.0. The number of carbonyl (C=O) groups excluding carboxylic acids is 2. The van der Waals surface area contributed by atoms with Crippen LogP contribution in [0.3, 0.4) is 0 Å². The van der Waals surface area contributed by atoms with Crippen LogP contribution in [0.25, 0.3) is 0 Å². The minimum atomic E-state index is -1.18. The molecule has 0 bridgehead atoms. The number of anilines is 1. The molecule has 0 aliphatic heterocycles. The van der Waals surface area contributed by atoms with Crippen molar-refractivity contribution in [1.29, 1.82) is 0 Å². The molecule has 8 nitrogen and oxygen atoms in total. The number of benzene rings is 1. The second-order valence-electron chi connectivity index (χ2n) is 5.93. The van der Waals surface area contributed by atoms with Gasteiger partial charge in [0, 0.05) is 24.2 Å². The molecule has 0 heterocycles. The summed E-state index contributed by atoms with van der Waals surface area (Å²) < 4.78 is 8.71. The quantitative estimate of drug-likeness (QED) is 0.346. The molecule has 1 fully saturated rings. The molecule has 25 heavy (non-hydrogen) atoms. The average molecular weight is 391 g/mol. The van der Waals surface area contributed by atoms with Crippen LogP contribution in [0.1, 0.15) is 18.9 Å². The van der Waals surface area contributed by atoms with Crippen molar-refractivity contribution in [2.45, 2.75) is 24.6 Å². The number of ether oxygens (including phenoxy) is 2. The first-order valence-electron chi connectivity index (χ1n) is 7.20. The molecule has 1 atom stereocenters. The molecular formula is C15H16Cl2N2O6. The molecule has 136 valence electrons. The summed E-state index contributed by atoms with van der Waals surface area (Å²) in [5.74, 6) is -1.26. The molecule has 0 spiro atoms. The molecule has 1 amide bonds. The second-order valence-corrected chi connectivity index (χ2v) is 7.42. The van der Waals surface area contributed by atoms with Crippen molar-refractivity contribution in [2.24, 2.45) is 5.41 Å². The summed E-state index contributed by atoms with van der Waals surface area (Å²) in [4.78, 5) is 34.3. The van der Waals surface area contributed by atoms with Crippen molar-refractivity contribution < 1.29 is 24.0 Å². The first-order valence-corrected chi connectivity index (χ1v) is 7.95. The number of rotatable bonds is 6. The fourth-order valence-electron chi connectivity index (χ4n) is 2.21. The summed E-state index contributed by atoms with van der Waals surface area (Å²) in [7, 11) is 1.28. The highest BCUT2D eigenvalue weighted by Crippen LogP contribution is 2.64. The van der Waals surface area contributed by atoms with Crippen molar-refractivity contribution >= 4 is 46.5 Å².